The van der Waals surface area contributed by atoms with Crippen LogP contribution in [0.15, 0.2) is 9.79 Å². The predicted molar refractivity (Wildman–Crippen MR) is 111 cm³/mol. The molecule has 0 radical (unpaired) electrons. The van der Waals surface area contributed by atoms with E-state index in [1.807, 2.05) is 6.92 Å². The van der Waals surface area contributed by atoms with Crippen molar-refractivity contribution in [2.24, 2.45) is 30.9 Å². The van der Waals surface area contributed by atoms with Crippen LogP contribution >= 0.6 is 24.0 Å². The Morgan fingerprint density at radius 1 is 1.24 bits per heavy atom. The highest BCUT2D eigenvalue weighted by Gasteiger charge is 2.18. The van der Waals surface area contributed by atoms with E-state index in [1.54, 1.807) is 25.9 Å². The maximum Gasteiger partial charge on any atom is 0.330 e. The summed E-state index contributed by atoms with van der Waals surface area (Å²) in [6.45, 7) is 4.29. The van der Waals surface area contributed by atoms with Gasteiger partial charge in [-0.1, -0.05) is 44.8 Å². The molecule has 5 nitrogen and oxygen atoms in total. The molecule has 2 N–H and O–H groups in total. The maximum atomic E-state index is 12.2. The summed E-state index contributed by atoms with van der Waals surface area (Å²) in [6.07, 6.45) is 8.02. The van der Waals surface area contributed by atoms with Gasteiger partial charge < -0.3 is 5.73 Å². The first-order valence-corrected chi connectivity index (χ1v) is 10.5. The molecule has 1 aromatic rings. The third kappa shape index (κ3) is 4.97. The van der Waals surface area contributed by atoms with Crippen molar-refractivity contribution >= 4 is 40.5 Å². The van der Waals surface area contributed by atoms with Crippen molar-refractivity contribution in [2.45, 2.75) is 52.4 Å². The molecule has 1 aliphatic carbocycles. The highest BCUT2D eigenvalue weighted by Crippen LogP contribution is 2.31. The second-order valence-electron chi connectivity index (χ2n) is 7.03. The molecule has 0 bridgehead atoms. The fourth-order valence-electron chi connectivity index (χ4n) is 3.44. The lowest BCUT2D eigenvalue weighted by Crippen LogP contribution is -2.28. The molecule has 2 unspecified atom stereocenters. The molecular weight excluding hydrogens is 352 g/mol. The van der Waals surface area contributed by atoms with Crippen molar-refractivity contribution in [3.63, 3.8) is 0 Å². The van der Waals surface area contributed by atoms with Gasteiger partial charge in [-0.2, -0.15) is 0 Å². The van der Waals surface area contributed by atoms with Crippen LogP contribution in [-0.2, 0) is 14.1 Å². The Balaban J connectivity index is 2.08. The number of thioether (sulfide) groups is 1. The van der Waals surface area contributed by atoms with Crippen molar-refractivity contribution in [3.05, 3.63) is 15.1 Å². The number of hydrogen-bond acceptors (Lipinski definition) is 5. The first-order chi connectivity index (χ1) is 11.8. The second kappa shape index (κ2) is 9.03. The van der Waals surface area contributed by atoms with E-state index in [0.717, 1.165) is 22.6 Å². The summed E-state index contributed by atoms with van der Waals surface area (Å²) in [7, 11) is 3.31. The predicted octanol–water partition coefficient (Wildman–Crippen LogP) is 4.43. The van der Waals surface area contributed by atoms with Gasteiger partial charge in [0.1, 0.15) is 10.3 Å². The van der Waals surface area contributed by atoms with E-state index < -0.39 is 0 Å². The van der Waals surface area contributed by atoms with Gasteiger partial charge in [0.2, 0.25) is 0 Å². The summed E-state index contributed by atoms with van der Waals surface area (Å²) in [5.41, 5.74) is 6.28. The average molecular weight is 383 g/mol. The van der Waals surface area contributed by atoms with E-state index in [4.69, 9.17) is 18.0 Å². The number of anilines is 1. The van der Waals surface area contributed by atoms with Crippen molar-refractivity contribution in [1.82, 2.24) is 9.13 Å². The number of rotatable bonds is 4. The van der Waals surface area contributed by atoms with Crippen molar-refractivity contribution in [3.8, 4) is 0 Å². The smallest absolute Gasteiger partial charge is 0.330 e. The van der Waals surface area contributed by atoms with Gasteiger partial charge in [0, 0.05) is 19.8 Å². The number of hydrogen-bond donors (Lipinski definition) is 1. The van der Waals surface area contributed by atoms with Crippen molar-refractivity contribution < 1.29 is 0 Å². The summed E-state index contributed by atoms with van der Waals surface area (Å²) in [6, 6.07) is 0. The number of aromatic nitrogens is 2. The van der Waals surface area contributed by atoms with Crippen LogP contribution in [0.25, 0.3) is 0 Å². The Hall–Kier alpha value is -1.08. The Labute approximate surface area is 159 Å². The van der Waals surface area contributed by atoms with Gasteiger partial charge in [-0.3, -0.25) is 9.13 Å². The van der Waals surface area contributed by atoms with Crippen LogP contribution in [0.3, 0.4) is 0 Å². The van der Waals surface area contributed by atoms with E-state index in [1.165, 1.54) is 47.7 Å². The largest absolute Gasteiger partial charge is 0.393 e. The van der Waals surface area contributed by atoms with Gasteiger partial charge in [-0.25, -0.2) is 9.79 Å². The molecule has 2 atom stereocenters. The zero-order valence-electron chi connectivity index (χ0n) is 15.7. The molecule has 1 fully saturated rings. The summed E-state index contributed by atoms with van der Waals surface area (Å²) in [5, 5.41) is 0.932. The lowest BCUT2D eigenvalue weighted by molar-refractivity contribution is 0.436. The zero-order chi connectivity index (χ0) is 18.6. The summed E-state index contributed by atoms with van der Waals surface area (Å²) in [4.78, 5) is 16.8. The SMILES string of the molecule is CCC1CCCC(CSC(C)=Nc2c(N)c(=S)n(C)c(=O)n2C)CC1. The van der Waals surface area contributed by atoms with Gasteiger partial charge in [0.25, 0.3) is 0 Å². The molecule has 2 rings (SSSR count). The third-order valence-corrected chi connectivity index (χ3v) is 6.88. The molecule has 1 aliphatic rings. The highest BCUT2D eigenvalue weighted by molar-refractivity contribution is 8.13. The molecule has 1 heterocycles. The minimum absolute atomic E-state index is 0.204. The molecule has 25 heavy (non-hydrogen) atoms. The first kappa shape index (κ1) is 20.2. The zero-order valence-corrected chi connectivity index (χ0v) is 17.4. The monoisotopic (exact) mass is 382 g/mol. The van der Waals surface area contributed by atoms with E-state index in [2.05, 4.69) is 11.9 Å². The molecule has 0 aliphatic heterocycles. The summed E-state index contributed by atoms with van der Waals surface area (Å²) >= 11 is 7.00. The quantitative estimate of drug-likeness (QED) is 0.362. The van der Waals surface area contributed by atoms with Crippen molar-refractivity contribution in [1.29, 1.82) is 0 Å². The molecule has 140 valence electrons. The van der Waals surface area contributed by atoms with Crippen LogP contribution in [0.2, 0.25) is 0 Å². The van der Waals surface area contributed by atoms with E-state index in [9.17, 15) is 4.79 Å². The van der Waals surface area contributed by atoms with Crippen LogP contribution in [-0.4, -0.2) is 19.9 Å². The van der Waals surface area contributed by atoms with Crippen LogP contribution in [0, 0.1) is 16.5 Å². The van der Waals surface area contributed by atoms with Crippen LogP contribution in [0.4, 0.5) is 11.5 Å². The summed E-state index contributed by atoms with van der Waals surface area (Å²) in [5.74, 6) is 3.22. The second-order valence-corrected chi connectivity index (χ2v) is 8.63. The molecule has 0 amide bonds. The molecular formula is C18H30N4OS2. The van der Waals surface area contributed by atoms with Gasteiger partial charge in [-0.15, -0.1) is 11.8 Å². The van der Waals surface area contributed by atoms with Gasteiger partial charge in [0.15, 0.2) is 5.82 Å². The van der Waals surface area contributed by atoms with Crippen LogP contribution in [0.5, 0.6) is 0 Å². The first-order valence-electron chi connectivity index (χ1n) is 9.08. The van der Waals surface area contributed by atoms with E-state index in [0.29, 0.717) is 16.1 Å². The minimum Gasteiger partial charge on any atom is -0.393 e. The molecule has 0 saturated heterocycles. The fourth-order valence-corrected chi connectivity index (χ4v) is 4.58. The average Bonchev–Trinajstić information content (AvgIpc) is 2.85. The Bertz CT molecular complexity index is 713. The van der Waals surface area contributed by atoms with E-state index >= 15 is 0 Å². The van der Waals surface area contributed by atoms with Gasteiger partial charge >= 0.3 is 5.69 Å². The van der Waals surface area contributed by atoms with Crippen LogP contribution in [0.1, 0.15) is 52.4 Å². The minimum atomic E-state index is -0.204. The third-order valence-electron chi connectivity index (χ3n) is 5.24. The molecule has 1 aromatic heterocycles. The number of aliphatic imine (C=N–C) groups is 1. The van der Waals surface area contributed by atoms with Crippen LogP contribution < -0.4 is 11.4 Å². The Morgan fingerprint density at radius 3 is 2.56 bits per heavy atom. The molecule has 1 saturated carbocycles. The Kier molecular flexibility index (Phi) is 7.31. The molecule has 0 spiro atoms. The summed E-state index contributed by atoms with van der Waals surface area (Å²) < 4.78 is 3.18. The molecule has 7 heteroatoms. The number of nitrogens with zero attached hydrogens (tertiary/aromatic N) is 3. The maximum absolute atomic E-state index is 12.2. The van der Waals surface area contributed by atoms with Gasteiger partial charge in [-0.05, 0) is 31.6 Å². The standard InChI is InChI=1S/C18H30N4OS2/c1-5-13-7-6-8-14(10-9-13)11-25-12(2)20-16-15(19)17(24)22(4)18(23)21(16)3/h13-14H,5-11,19H2,1-4H3. The fraction of sp³-hybridized carbons (Fsp3) is 0.722. The van der Waals surface area contributed by atoms with Gasteiger partial charge in [0.05, 0.1) is 5.04 Å². The topological polar surface area (TPSA) is 65.3 Å². The van der Waals surface area contributed by atoms with Crippen molar-refractivity contribution in [2.75, 3.05) is 11.5 Å². The molecule has 0 aromatic carbocycles. The normalized spacial score (nSPS) is 22.0. The lowest BCUT2D eigenvalue weighted by Gasteiger charge is -2.15. The van der Waals surface area contributed by atoms with E-state index in [-0.39, 0.29) is 5.69 Å². The lowest BCUT2D eigenvalue weighted by atomic mass is 9.97. The highest BCUT2D eigenvalue weighted by atomic mass is 32.2. The number of nitrogen functional groups attached to an aromatic ring is 1. The number of nitrogens with two attached hydrogens (primary N) is 1. The Morgan fingerprint density at radius 2 is 1.88 bits per heavy atom.